The SMILES string of the molecule is COCc1ccc(C(=O)Nc2cccc(C(=O)NCc3ccccn3)c2)o1. The first-order valence-electron chi connectivity index (χ1n) is 8.33. The van der Waals surface area contributed by atoms with Crippen LogP contribution in [0.2, 0.25) is 0 Å². The summed E-state index contributed by atoms with van der Waals surface area (Å²) in [5.74, 6) is 0.0814. The third-order valence-electron chi connectivity index (χ3n) is 3.71. The highest BCUT2D eigenvalue weighted by Gasteiger charge is 2.13. The van der Waals surface area contributed by atoms with E-state index in [-0.39, 0.29) is 11.7 Å². The molecule has 7 nitrogen and oxygen atoms in total. The van der Waals surface area contributed by atoms with Crippen molar-refractivity contribution in [2.75, 3.05) is 12.4 Å². The first-order valence-corrected chi connectivity index (χ1v) is 8.33. The number of nitrogens with zero attached hydrogens (tertiary/aromatic N) is 1. The van der Waals surface area contributed by atoms with Gasteiger partial charge in [-0.1, -0.05) is 12.1 Å². The van der Waals surface area contributed by atoms with Gasteiger partial charge in [0.15, 0.2) is 5.76 Å². The number of methoxy groups -OCH3 is 1. The summed E-state index contributed by atoms with van der Waals surface area (Å²) in [6.45, 7) is 0.615. The highest BCUT2D eigenvalue weighted by atomic mass is 16.5. The van der Waals surface area contributed by atoms with Crippen LogP contribution in [0.15, 0.2) is 65.2 Å². The maximum Gasteiger partial charge on any atom is 0.291 e. The lowest BCUT2D eigenvalue weighted by atomic mass is 10.2. The Balaban J connectivity index is 1.62. The van der Waals surface area contributed by atoms with E-state index in [2.05, 4.69) is 15.6 Å². The van der Waals surface area contributed by atoms with Crippen molar-refractivity contribution >= 4 is 17.5 Å². The molecule has 0 spiro atoms. The fraction of sp³-hybridized carbons (Fsp3) is 0.150. The van der Waals surface area contributed by atoms with Crippen LogP contribution in [0, 0.1) is 0 Å². The third kappa shape index (κ3) is 5.02. The summed E-state index contributed by atoms with van der Waals surface area (Å²) in [5, 5.41) is 5.52. The van der Waals surface area contributed by atoms with Gasteiger partial charge in [0.1, 0.15) is 12.4 Å². The van der Waals surface area contributed by atoms with Crippen molar-refractivity contribution in [3.63, 3.8) is 0 Å². The van der Waals surface area contributed by atoms with Gasteiger partial charge >= 0.3 is 0 Å². The van der Waals surface area contributed by atoms with Crippen LogP contribution < -0.4 is 10.6 Å². The van der Waals surface area contributed by atoms with Gasteiger partial charge in [-0.15, -0.1) is 0 Å². The summed E-state index contributed by atoms with van der Waals surface area (Å²) in [7, 11) is 1.55. The Hall–Kier alpha value is -3.45. The zero-order valence-corrected chi connectivity index (χ0v) is 14.8. The Labute approximate surface area is 156 Å². The van der Waals surface area contributed by atoms with E-state index in [1.54, 1.807) is 49.7 Å². The van der Waals surface area contributed by atoms with Crippen molar-refractivity contribution in [1.29, 1.82) is 0 Å². The lowest BCUT2D eigenvalue weighted by Crippen LogP contribution is -2.23. The zero-order chi connectivity index (χ0) is 19.1. The minimum Gasteiger partial charge on any atom is -0.453 e. The molecule has 0 bridgehead atoms. The summed E-state index contributed by atoms with van der Waals surface area (Å²) in [6, 6.07) is 15.4. The van der Waals surface area contributed by atoms with Crippen molar-refractivity contribution in [3.8, 4) is 0 Å². The number of anilines is 1. The summed E-state index contributed by atoms with van der Waals surface area (Å²) in [4.78, 5) is 28.7. The number of benzene rings is 1. The second kappa shape index (κ2) is 8.77. The molecule has 0 aliphatic rings. The van der Waals surface area contributed by atoms with Gasteiger partial charge in [-0.2, -0.15) is 0 Å². The number of furan rings is 1. The quantitative estimate of drug-likeness (QED) is 0.671. The highest BCUT2D eigenvalue weighted by Crippen LogP contribution is 2.15. The molecule has 3 rings (SSSR count). The molecule has 0 unspecified atom stereocenters. The van der Waals surface area contributed by atoms with Crippen LogP contribution in [-0.4, -0.2) is 23.9 Å². The van der Waals surface area contributed by atoms with Crippen LogP contribution in [0.25, 0.3) is 0 Å². The normalized spacial score (nSPS) is 10.4. The molecule has 27 heavy (non-hydrogen) atoms. The molecule has 0 radical (unpaired) electrons. The van der Waals surface area contributed by atoms with Crippen molar-refractivity contribution in [2.24, 2.45) is 0 Å². The monoisotopic (exact) mass is 365 g/mol. The predicted octanol–water partition coefficient (Wildman–Crippen LogP) is 3.00. The van der Waals surface area contributed by atoms with Gasteiger partial charge in [-0.3, -0.25) is 14.6 Å². The Morgan fingerprint density at radius 2 is 1.96 bits per heavy atom. The number of ether oxygens (including phenoxy) is 1. The van der Waals surface area contributed by atoms with Crippen LogP contribution in [0.1, 0.15) is 32.4 Å². The van der Waals surface area contributed by atoms with Crippen molar-refractivity contribution in [2.45, 2.75) is 13.2 Å². The molecule has 0 saturated carbocycles. The van der Waals surface area contributed by atoms with Gasteiger partial charge in [0, 0.05) is 24.6 Å². The molecule has 3 aromatic rings. The number of pyridine rings is 1. The molecular weight excluding hydrogens is 346 g/mol. The van der Waals surface area contributed by atoms with Crippen LogP contribution in [0.5, 0.6) is 0 Å². The maximum absolute atomic E-state index is 12.3. The Morgan fingerprint density at radius 1 is 1.07 bits per heavy atom. The van der Waals surface area contributed by atoms with Crippen LogP contribution in [-0.2, 0) is 17.9 Å². The minimum atomic E-state index is -0.400. The second-order valence-corrected chi connectivity index (χ2v) is 5.74. The molecular formula is C20H19N3O4. The van der Waals surface area contributed by atoms with Gasteiger partial charge < -0.3 is 19.8 Å². The average molecular weight is 365 g/mol. The topological polar surface area (TPSA) is 93.5 Å². The molecule has 2 N–H and O–H groups in total. The Bertz CT molecular complexity index is 922. The largest absolute Gasteiger partial charge is 0.453 e. The number of nitrogens with one attached hydrogen (secondary N) is 2. The number of rotatable bonds is 7. The molecule has 0 saturated heterocycles. The maximum atomic E-state index is 12.3. The molecule has 7 heteroatoms. The van der Waals surface area contributed by atoms with Gasteiger partial charge in [0.25, 0.3) is 11.8 Å². The first-order chi connectivity index (χ1) is 13.2. The average Bonchev–Trinajstić information content (AvgIpc) is 3.16. The van der Waals surface area contributed by atoms with Crippen LogP contribution in [0.3, 0.4) is 0 Å². The van der Waals surface area contributed by atoms with Gasteiger partial charge in [-0.25, -0.2) is 0 Å². The second-order valence-electron chi connectivity index (χ2n) is 5.74. The van der Waals surface area contributed by atoms with Crippen molar-refractivity contribution < 1.29 is 18.7 Å². The molecule has 138 valence electrons. The predicted molar refractivity (Wildman–Crippen MR) is 99.2 cm³/mol. The van der Waals surface area contributed by atoms with Gasteiger partial charge in [0.2, 0.25) is 0 Å². The van der Waals surface area contributed by atoms with Gasteiger partial charge in [0.05, 0.1) is 12.2 Å². The number of hydrogen-bond donors (Lipinski definition) is 2. The molecule has 0 atom stereocenters. The van der Waals surface area contributed by atoms with E-state index in [0.29, 0.717) is 30.2 Å². The number of aromatic nitrogens is 1. The summed E-state index contributed by atoms with van der Waals surface area (Å²) < 4.78 is 10.4. The molecule has 0 aliphatic carbocycles. The summed E-state index contributed by atoms with van der Waals surface area (Å²) in [6.07, 6.45) is 1.67. The number of amides is 2. The molecule has 2 heterocycles. The molecule has 2 aromatic heterocycles. The molecule has 2 amide bonds. The Kier molecular flexibility index (Phi) is 5.96. The summed E-state index contributed by atoms with van der Waals surface area (Å²) in [5.41, 5.74) is 1.69. The van der Waals surface area contributed by atoms with Crippen molar-refractivity contribution in [1.82, 2.24) is 10.3 Å². The van der Waals surface area contributed by atoms with E-state index in [0.717, 1.165) is 5.69 Å². The molecule has 0 fully saturated rings. The van der Waals surface area contributed by atoms with E-state index in [1.807, 2.05) is 18.2 Å². The van der Waals surface area contributed by atoms with Gasteiger partial charge in [-0.05, 0) is 42.5 Å². The van der Waals surface area contributed by atoms with E-state index >= 15 is 0 Å². The smallest absolute Gasteiger partial charge is 0.291 e. The number of hydrogen-bond acceptors (Lipinski definition) is 5. The fourth-order valence-electron chi connectivity index (χ4n) is 2.43. The number of carbonyl (C=O) groups excluding carboxylic acids is 2. The highest BCUT2D eigenvalue weighted by molar-refractivity contribution is 6.03. The number of carbonyl (C=O) groups is 2. The molecule has 1 aromatic carbocycles. The minimum absolute atomic E-state index is 0.173. The van der Waals surface area contributed by atoms with Crippen LogP contribution in [0.4, 0.5) is 5.69 Å². The standard InChI is InChI=1S/C20H19N3O4/c1-26-13-17-8-9-18(27-17)20(25)23-15-7-4-5-14(11-15)19(24)22-12-16-6-2-3-10-21-16/h2-11H,12-13H2,1H3,(H,22,24)(H,23,25). The zero-order valence-electron chi connectivity index (χ0n) is 14.8. The summed E-state index contributed by atoms with van der Waals surface area (Å²) >= 11 is 0. The van der Waals surface area contributed by atoms with Crippen molar-refractivity contribution in [3.05, 3.63) is 83.6 Å². The van der Waals surface area contributed by atoms with E-state index in [9.17, 15) is 9.59 Å². The lowest BCUT2D eigenvalue weighted by molar-refractivity contribution is 0.0948. The molecule has 0 aliphatic heterocycles. The van der Waals surface area contributed by atoms with E-state index in [1.165, 1.54) is 0 Å². The third-order valence-corrected chi connectivity index (χ3v) is 3.71. The Morgan fingerprint density at radius 3 is 2.74 bits per heavy atom. The fourth-order valence-corrected chi connectivity index (χ4v) is 2.43. The lowest BCUT2D eigenvalue weighted by Gasteiger charge is -2.07. The van der Waals surface area contributed by atoms with E-state index in [4.69, 9.17) is 9.15 Å². The first kappa shape index (κ1) is 18.3. The van der Waals surface area contributed by atoms with Crippen LogP contribution >= 0.6 is 0 Å². The van der Waals surface area contributed by atoms with E-state index < -0.39 is 5.91 Å².